The van der Waals surface area contributed by atoms with Crippen LogP contribution in [0.2, 0.25) is 0 Å². The molecular formula is C10H14N2O. The third-order valence-electron chi connectivity index (χ3n) is 1.61. The van der Waals surface area contributed by atoms with Gasteiger partial charge in [0.05, 0.1) is 19.4 Å². The average Bonchev–Trinajstić information content (AvgIpc) is 2.15. The van der Waals surface area contributed by atoms with E-state index in [1.54, 1.807) is 6.21 Å². The number of aryl methyl sites for hydroxylation is 1. The average molecular weight is 178 g/mol. The molecule has 0 amide bonds. The van der Waals surface area contributed by atoms with Crippen molar-refractivity contribution in [2.45, 2.75) is 6.92 Å². The van der Waals surface area contributed by atoms with Gasteiger partial charge in [-0.2, -0.15) is 5.10 Å². The molecule has 0 aliphatic heterocycles. The third kappa shape index (κ3) is 3.71. The molecule has 0 aliphatic carbocycles. The predicted octanol–water partition coefficient (Wildman–Crippen LogP) is 0.911. The SMILES string of the molecule is Cc1ccc(C=NNCCO)cc1. The molecule has 0 saturated carbocycles. The van der Waals surface area contributed by atoms with E-state index in [4.69, 9.17) is 5.11 Å². The number of aliphatic hydroxyl groups excluding tert-OH is 1. The second kappa shape index (κ2) is 5.32. The van der Waals surface area contributed by atoms with Gasteiger partial charge in [0.15, 0.2) is 0 Å². The van der Waals surface area contributed by atoms with Gasteiger partial charge in [0, 0.05) is 0 Å². The van der Waals surface area contributed by atoms with Crippen LogP contribution in [0.15, 0.2) is 29.4 Å². The number of benzene rings is 1. The summed E-state index contributed by atoms with van der Waals surface area (Å²) < 4.78 is 0. The van der Waals surface area contributed by atoms with Gasteiger partial charge >= 0.3 is 0 Å². The Morgan fingerprint density at radius 2 is 2.08 bits per heavy atom. The van der Waals surface area contributed by atoms with Gasteiger partial charge in [0.1, 0.15) is 0 Å². The van der Waals surface area contributed by atoms with E-state index >= 15 is 0 Å². The van der Waals surface area contributed by atoms with Crippen molar-refractivity contribution in [2.24, 2.45) is 5.10 Å². The molecule has 0 spiro atoms. The van der Waals surface area contributed by atoms with Gasteiger partial charge < -0.3 is 10.5 Å². The van der Waals surface area contributed by atoms with Crippen LogP contribution >= 0.6 is 0 Å². The summed E-state index contributed by atoms with van der Waals surface area (Å²) in [7, 11) is 0. The van der Waals surface area contributed by atoms with E-state index in [0.29, 0.717) is 6.54 Å². The number of hydrogen-bond donors (Lipinski definition) is 2. The second-order valence-electron chi connectivity index (χ2n) is 2.80. The van der Waals surface area contributed by atoms with E-state index in [1.807, 2.05) is 31.2 Å². The molecule has 0 radical (unpaired) electrons. The molecule has 0 saturated heterocycles. The maximum absolute atomic E-state index is 8.46. The van der Waals surface area contributed by atoms with Crippen molar-refractivity contribution in [3.63, 3.8) is 0 Å². The monoisotopic (exact) mass is 178 g/mol. The largest absolute Gasteiger partial charge is 0.394 e. The minimum Gasteiger partial charge on any atom is -0.394 e. The molecule has 0 bridgehead atoms. The summed E-state index contributed by atoms with van der Waals surface area (Å²) in [6.07, 6.45) is 1.73. The van der Waals surface area contributed by atoms with Crippen molar-refractivity contribution >= 4 is 6.21 Å². The zero-order chi connectivity index (χ0) is 9.52. The molecule has 1 aromatic carbocycles. The Hall–Kier alpha value is -1.35. The standard InChI is InChI=1S/C10H14N2O/c1-9-2-4-10(5-3-9)8-12-11-6-7-13/h2-5,8,11,13H,6-7H2,1H3. The Kier molecular flexibility index (Phi) is 3.99. The number of nitrogens with one attached hydrogen (secondary N) is 1. The lowest BCUT2D eigenvalue weighted by atomic mass is 10.2. The molecule has 1 rings (SSSR count). The van der Waals surface area contributed by atoms with Crippen LogP contribution < -0.4 is 5.43 Å². The van der Waals surface area contributed by atoms with Gasteiger partial charge in [0.25, 0.3) is 0 Å². The van der Waals surface area contributed by atoms with Crippen LogP contribution in [0.5, 0.6) is 0 Å². The van der Waals surface area contributed by atoms with E-state index in [0.717, 1.165) is 5.56 Å². The summed E-state index contributed by atoms with van der Waals surface area (Å²) in [5.41, 5.74) is 5.01. The maximum atomic E-state index is 8.46. The van der Waals surface area contributed by atoms with Gasteiger partial charge in [-0.15, -0.1) is 0 Å². The molecule has 3 heteroatoms. The fraction of sp³-hybridized carbons (Fsp3) is 0.300. The number of hydrogen-bond acceptors (Lipinski definition) is 3. The molecule has 2 N–H and O–H groups in total. The van der Waals surface area contributed by atoms with Gasteiger partial charge in [-0.1, -0.05) is 29.8 Å². The zero-order valence-corrected chi connectivity index (χ0v) is 7.70. The lowest BCUT2D eigenvalue weighted by Gasteiger charge is -1.96. The third-order valence-corrected chi connectivity index (χ3v) is 1.61. The second-order valence-corrected chi connectivity index (χ2v) is 2.80. The van der Waals surface area contributed by atoms with Crippen molar-refractivity contribution < 1.29 is 5.11 Å². The summed E-state index contributed by atoms with van der Waals surface area (Å²) >= 11 is 0. The molecule has 13 heavy (non-hydrogen) atoms. The first-order valence-electron chi connectivity index (χ1n) is 4.26. The fourth-order valence-corrected chi connectivity index (χ4v) is 0.887. The molecule has 1 aromatic rings. The maximum Gasteiger partial charge on any atom is 0.0620 e. The normalized spacial score (nSPS) is 10.6. The molecule has 0 atom stereocenters. The van der Waals surface area contributed by atoms with E-state index in [9.17, 15) is 0 Å². The first-order chi connectivity index (χ1) is 6.33. The number of rotatable bonds is 4. The molecule has 70 valence electrons. The van der Waals surface area contributed by atoms with Gasteiger partial charge in [-0.3, -0.25) is 0 Å². The van der Waals surface area contributed by atoms with E-state index in [-0.39, 0.29) is 6.61 Å². The highest BCUT2D eigenvalue weighted by atomic mass is 16.3. The van der Waals surface area contributed by atoms with E-state index < -0.39 is 0 Å². The Morgan fingerprint density at radius 3 is 2.69 bits per heavy atom. The molecule has 3 nitrogen and oxygen atoms in total. The van der Waals surface area contributed by atoms with Crippen LogP contribution in [0.4, 0.5) is 0 Å². The number of hydrazone groups is 1. The molecule has 0 fully saturated rings. The minimum atomic E-state index is 0.102. The van der Waals surface area contributed by atoms with Crippen LogP contribution in [-0.4, -0.2) is 24.5 Å². The molecule has 0 aromatic heterocycles. The first-order valence-corrected chi connectivity index (χ1v) is 4.26. The summed E-state index contributed by atoms with van der Waals surface area (Å²) in [4.78, 5) is 0. The Labute approximate surface area is 78.1 Å². The lowest BCUT2D eigenvalue weighted by molar-refractivity contribution is 0.294. The molecular weight excluding hydrogens is 164 g/mol. The Morgan fingerprint density at radius 1 is 1.38 bits per heavy atom. The quantitative estimate of drug-likeness (QED) is 0.409. The highest BCUT2D eigenvalue weighted by molar-refractivity contribution is 5.79. The van der Waals surface area contributed by atoms with E-state index in [1.165, 1.54) is 5.56 Å². The number of nitrogens with zero attached hydrogens (tertiary/aromatic N) is 1. The van der Waals surface area contributed by atoms with Crippen LogP contribution in [-0.2, 0) is 0 Å². The van der Waals surface area contributed by atoms with Crippen molar-refractivity contribution in [3.8, 4) is 0 Å². The van der Waals surface area contributed by atoms with Crippen LogP contribution in [0.25, 0.3) is 0 Å². The van der Waals surface area contributed by atoms with Crippen LogP contribution in [0.3, 0.4) is 0 Å². The highest BCUT2D eigenvalue weighted by Gasteiger charge is 1.85. The topological polar surface area (TPSA) is 44.6 Å². The summed E-state index contributed by atoms with van der Waals surface area (Å²) in [6.45, 7) is 2.64. The summed E-state index contributed by atoms with van der Waals surface area (Å²) in [6, 6.07) is 8.07. The Balaban J connectivity index is 2.44. The van der Waals surface area contributed by atoms with Gasteiger partial charge in [-0.05, 0) is 12.5 Å². The van der Waals surface area contributed by atoms with Gasteiger partial charge in [-0.25, -0.2) is 0 Å². The van der Waals surface area contributed by atoms with E-state index in [2.05, 4.69) is 10.5 Å². The fourth-order valence-electron chi connectivity index (χ4n) is 0.887. The molecule has 0 aliphatic rings. The molecule has 0 heterocycles. The summed E-state index contributed by atoms with van der Waals surface area (Å²) in [5, 5.41) is 12.4. The van der Waals surface area contributed by atoms with Crippen LogP contribution in [0, 0.1) is 6.92 Å². The minimum absolute atomic E-state index is 0.102. The van der Waals surface area contributed by atoms with Gasteiger partial charge in [0.2, 0.25) is 0 Å². The Bertz CT molecular complexity index is 267. The molecule has 0 unspecified atom stereocenters. The van der Waals surface area contributed by atoms with Crippen LogP contribution in [0.1, 0.15) is 11.1 Å². The predicted molar refractivity (Wildman–Crippen MR) is 53.9 cm³/mol. The highest BCUT2D eigenvalue weighted by Crippen LogP contribution is 1.99. The van der Waals surface area contributed by atoms with Crippen molar-refractivity contribution in [1.29, 1.82) is 0 Å². The lowest BCUT2D eigenvalue weighted by Crippen LogP contribution is -2.11. The summed E-state index contributed by atoms with van der Waals surface area (Å²) in [5.74, 6) is 0. The zero-order valence-electron chi connectivity index (χ0n) is 7.70. The van der Waals surface area contributed by atoms with Crippen molar-refractivity contribution in [1.82, 2.24) is 5.43 Å². The van der Waals surface area contributed by atoms with Crippen molar-refractivity contribution in [2.75, 3.05) is 13.2 Å². The number of aliphatic hydroxyl groups is 1. The smallest absolute Gasteiger partial charge is 0.0620 e. The van der Waals surface area contributed by atoms with Crippen molar-refractivity contribution in [3.05, 3.63) is 35.4 Å². The first kappa shape index (κ1) is 9.74.